The summed E-state index contributed by atoms with van der Waals surface area (Å²) in [6.45, 7) is 4.66. The number of nitrogens with zero attached hydrogens (tertiary/aromatic N) is 1. The number of ether oxygens (including phenoxy) is 1. The maximum absolute atomic E-state index is 10.9. The highest BCUT2D eigenvalue weighted by atomic mass is 16.5. The average Bonchev–Trinajstić information content (AvgIpc) is 2.36. The Labute approximate surface area is 116 Å². The molecule has 0 amide bonds. The maximum Gasteiger partial charge on any atom is 0.118 e. The fourth-order valence-corrected chi connectivity index (χ4v) is 2.02. The van der Waals surface area contributed by atoms with Crippen molar-refractivity contribution < 1.29 is 14.3 Å². The molecule has 0 aliphatic rings. The summed E-state index contributed by atoms with van der Waals surface area (Å²) in [6.07, 6.45) is 3.04. The third kappa shape index (κ3) is 4.69. The first kappa shape index (κ1) is 15.7. The molecule has 0 saturated carbocycles. The van der Waals surface area contributed by atoms with E-state index in [0.29, 0.717) is 12.8 Å². The van der Waals surface area contributed by atoms with E-state index in [2.05, 4.69) is 27.7 Å². The van der Waals surface area contributed by atoms with Gasteiger partial charge in [-0.25, -0.2) is 0 Å². The van der Waals surface area contributed by atoms with Crippen LogP contribution in [-0.4, -0.2) is 44.4 Å². The molecule has 0 spiro atoms. The molecule has 3 heteroatoms. The minimum atomic E-state index is -0.848. The average molecular weight is 264 g/mol. The van der Waals surface area contributed by atoms with Gasteiger partial charge in [-0.2, -0.15) is 0 Å². The Bertz CT molecular complexity index is 406. The van der Waals surface area contributed by atoms with Gasteiger partial charge in [-0.05, 0) is 24.1 Å². The molecule has 0 saturated heterocycles. The van der Waals surface area contributed by atoms with Crippen LogP contribution in [0, 0.1) is 0 Å². The number of rotatable bonds is 7. The number of aliphatic hydroxyl groups is 1. The van der Waals surface area contributed by atoms with Gasteiger partial charge in [0.2, 0.25) is 0 Å². The van der Waals surface area contributed by atoms with Crippen LogP contribution in [0.5, 0.6) is 5.75 Å². The van der Waals surface area contributed by atoms with Gasteiger partial charge in [0.1, 0.15) is 5.75 Å². The lowest BCUT2D eigenvalue weighted by molar-refractivity contribution is -0.871. The van der Waals surface area contributed by atoms with Crippen LogP contribution < -0.4 is 4.74 Å². The van der Waals surface area contributed by atoms with E-state index >= 15 is 0 Å². The van der Waals surface area contributed by atoms with Crippen molar-refractivity contribution in [2.24, 2.45) is 0 Å². The Kier molecular flexibility index (Phi) is 5.15. The zero-order valence-electron chi connectivity index (χ0n) is 12.5. The number of quaternary nitrogens is 1. The van der Waals surface area contributed by atoms with Crippen molar-refractivity contribution in [3.8, 4) is 5.75 Å². The molecule has 1 aromatic rings. The quantitative estimate of drug-likeness (QED) is 0.606. The first-order valence-electron chi connectivity index (χ1n) is 6.59. The van der Waals surface area contributed by atoms with Gasteiger partial charge >= 0.3 is 0 Å². The van der Waals surface area contributed by atoms with Gasteiger partial charge in [-0.3, -0.25) is 0 Å². The van der Waals surface area contributed by atoms with E-state index in [1.165, 1.54) is 0 Å². The summed E-state index contributed by atoms with van der Waals surface area (Å²) in [4.78, 5) is 0. The van der Waals surface area contributed by atoms with E-state index in [1.54, 1.807) is 13.2 Å². The molecule has 106 valence electrons. The minimum Gasteiger partial charge on any atom is -0.497 e. The number of methoxy groups -OCH3 is 1. The molecule has 19 heavy (non-hydrogen) atoms. The highest BCUT2D eigenvalue weighted by Gasteiger charge is 2.30. The molecule has 0 aliphatic carbocycles. The summed E-state index contributed by atoms with van der Waals surface area (Å²) in [5.74, 6) is 0.802. The van der Waals surface area contributed by atoms with Crippen molar-refractivity contribution in [3.05, 3.63) is 42.5 Å². The highest BCUT2D eigenvalue weighted by Crippen LogP contribution is 2.31. The van der Waals surface area contributed by atoms with E-state index in [1.807, 2.05) is 24.3 Å². The molecule has 1 N–H and O–H groups in total. The third-order valence-electron chi connectivity index (χ3n) is 3.31. The molecule has 0 aliphatic heterocycles. The lowest BCUT2D eigenvalue weighted by atomic mass is 9.87. The monoisotopic (exact) mass is 264 g/mol. The van der Waals surface area contributed by atoms with Crippen molar-refractivity contribution in [3.63, 3.8) is 0 Å². The largest absolute Gasteiger partial charge is 0.497 e. The normalized spacial score (nSPS) is 14.8. The van der Waals surface area contributed by atoms with Gasteiger partial charge in [0.15, 0.2) is 0 Å². The molecule has 1 rings (SSSR count). The number of hydrogen-bond acceptors (Lipinski definition) is 2. The lowest BCUT2D eigenvalue weighted by Gasteiger charge is -2.32. The van der Waals surface area contributed by atoms with E-state index in [4.69, 9.17) is 4.74 Å². The van der Waals surface area contributed by atoms with Gasteiger partial charge in [-0.1, -0.05) is 18.2 Å². The van der Waals surface area contributed by atoms with Gasteiger partial charge in [0, 0.05) is 6.42 Å². The zero-order chi connectivity index (χ0) is 14.5. The number of hydrogen-bond donors (Lipinski definition) is 1. The Morgan fingerprint density at radius 2 is 1.84 bits per heavy atom. The zero-order valence-corrected chi connectivity index (χ0v) is 12.5. The van der Waals surface area contributed by atoms with Crippen LogP contribution in [0.2, 0.25) is 0 Å². The van der Waals surface area contributed by atoms with E-state index < -0.39 is 5.60 Å². The molecule has 0 radical (unpaired) electrons. The predicted molar refractivity (Wildman–Crippen MR) is 79.2 cm³/mol. The summed E-state index contributed by atoms with van der Waals surface area (Å²) < 4.78 is 5.98. The smallest absolute Gasteiger partial charge is 0.118 e. The molecule has 0 bridgehead atoms. The van der Waals surface area contributed by atoms with Crippen molar-refractivity contribution in [2.45, 2.75) is 18.4 Å². The summed E-state index contributed by atoms with van der Waals surface area (Å²) in [5.41, 5.74) is 0.0705. The molecular weight excluding hydrogens is 238 g/mol. The molecule has 1 atom stereocenters. The molecule has 1 unspecified atom stereocenters. The summed E-state index contributed by atoms with van der Waals surface area (Å²) in [7, 11) is 8.02. The van der Waals surface area contributed by atoms with Crippen LogP contribution in [0.25, 0.3) is 0 Å². The van der Waals surface area contributed by atoms with Crippen LogP contribution in [0.1, 0.15) is 18.4 Å². The van der Waals surface area contributed by atoms with Crippen molar-refractivity contribution >= 4 is 0 Å². The SMILES string of the molecule is C=CCC(O)(CC[N+](C)(C)C)c1ccc(OC)cc1. The fraction of sp³-hybridized carbons (Fsp3) is 0.500. The first-order valence-corrected chi connectivity index (χ1v) is 6.59. The maximum atomic E-state index is 10.9. The van der Waals surface area contributed by atoms with Crippen LogP contribution in [-0.2, 0) is 5.60 Å². The number of benzene rings is 1. The molecule has 3 nitrogen and oxygen atoms in total. The Balaban J connectivity index is 2.92. The summed E-state index contributed by atoms with van der Waals surface area (Å²) in [5, 5.41) is 10.9. The second-order valence-electron chi connectivity index (χ2n) is 6.02. The topological polar surface area (TPSA) is 29.5 Å². The van der Waals surface area contributed by atoms with Crippen molar-refractivity contribution in [1.29, 1.82) is 0 Å². The molecule has 0 heterocycles. The second kappa shape index (κ2) is 6.22. The highest BCUT2D eigenvalue weighted by molar-refractivity contribution is 5.31. The van der Waals surface area contributed by atoms with E-state index in [-0.39, 0.29) is 0 Å². The molecule has 0 fully saturated rings. The van der Waals surface area contributed by atoms with Gasteiger partial charge < -0.3 is 14.3 Å². The Hall–Kier alpha value is -1.32. The summed E-state index contributed by atoms with van der Waals surface area (Å²) in [6, 6.07) is 7.63. The van der Waals surface area contributed by atoms with Gasteiger partial charge in [0.05, 0.1) is 40.4 Å². The van der Waals surface area contributed by atoms with Crippen molar-refractivity contribution in [2.75, 3.05) is 34.8 Å². The standard InChI is InChI=1S/C16H26NO2/c1-6-11-16(18,12-13-17(2,3)4)14-7-9-15(19-5)10-8-14/h6-10,18H,1,11-13H2,2-5H3/q+1. The van der Waals surface area contributed by atoms with Crippen LogP contribution >= 0.6 is 0 Å². The Morgan fingerprint density at radius 1 is 1.26 bits per heavy atom. The molecule has 0 aromatic heterocycles. The van der Waals surface area contributed by atoms with Crippen molar-refractivity contribution in [1.82, 2.24) is 0 Å². The third-order valence-corrected chi connectivity index (χ3v) is 3.31. The summed E-state index contributed by atoms with van der Waals surface area (Å²) >= 11 is 0. The van der Waals surface area contributed by atoms with E-state index in [9.17, 15) is 5.11 Å². The lowest BCUT2D eigenvalue weighted by Crippen LogP contribution is -2.40. The Morgan fingerprint density at radius 3 is 2.26 bits per heavy atom. The van der Waals surface area contributed by atoms with Crippen LogP contribution in [0.4, 0.5) is 0 Å². The second-order valence-corrected chi connectivity index (χ2v) is 6.02. The van der Waals surface area contributed by atoms with Crippen LogP contribution in [0.15, 0.2) is 36.9 Å². The predicted octanol–water partition coefficient (Wildman–Crippen LogP) is 2.56. The molecular formula is C16H26NO2+. The van der Waals surface area contributed by atoms with E-state index in [0.717, 1.165) is 22.3 Å². The first-order chi connectivity index (χ1) is 8.80. The van der Waals surface area contributed by atoms with Gasteiger partial charge in [0.25, 0.3) is 0 Å². The van der Waals surface area contributed by atoms with Gasteiger partial charge in [-0.15, -0.1) is 6.58 Å². The minimum absolute atomic E-state index is 0.555. The molecule has 1 aromatic carbocycles. The van der Waals surface area contributed by atoms with Crippen LogP contribution in [0.3, 0.4) is 0 Å². The fourth-order valence-electron chi connectivity index (χ4n) is 2.02.